The van der Waals surface area contributed by atoms with Gasteiger partial charge in [-0.2, -0.15) is 0 Å². The predicted octanol–water partition coefficient (Wildman–Crippen LogP) is 0.947. The molecule has 2 heterocycles. The van der Waals surface area contributed by atoms with Crippen LogP contribution < -0.4 is 10.6 Å². The maximum Gasteiger partial charge on any atom is 0.273 e. The minimum absolute atomic E-state index is 0.134. The summed E-state index contributed by atoms with van der Waals surface area (Å²) in [5.41, 5.74) is 1.05. The van der Waals surface area contributed by atoms with Crippen LogP contribution in [-0.2, 0) is 6.54 Å². The summed E-state index contributed by atoms with van der Waals surface area (Å²) in [6, 6.07) is 6.41. The molecule has 0 saturated carbocycles. The molecule has 1 atom stereocenters. The number of hydrogen-bond acceptors (Lipinski definition) is 4. The van der Waals surface area contributed by atoms with E-state index < -0.39 is 0 Å². The second-order valence-corrected chi connectivity index (χ2v) is 5.45. The maximum absolute atomic E-state index is 13.1. The Morgan fingerprint density at radius 2 is 2.41 bits per heavy atom. The van der Waals surface area contributed by atoms with Crippen LogP contribution in [-0.4, -0.2) is 40.0 Å². The summed E-state index contributed by atoms with van der Waals surface area (Å²) in [7, 11) is 0. The number of carbonyl (C=O) groups excluding carboxylic acids is 1. The molecule has 6 nitrogen and oxygen atoms in total. The molecule has 116 valence electrons. The van der Waals surface area contributed by atoms with Gasteiger partial charge in [0.15, 0.2) is 5.69 Å². The Morgan fingerprint density at radius 3 is 3.18 bits per heavy atom. The fourth-order valence-corrected chi connectivity index (χ4v) is 2.54. The van der Waals surface area contributed by atoms with Crippen molar-refractivity contribution in [3.63, 3.8) is 0 Å². The number of nitrogens with one attached hydrogen (secondary N) is 2. The molecule has 1 aliphatic heterocycles. The van der Waals surface area contributed by atoms with Crippen molar-refractivity contribution >= 4 is 5.91 Å². The number of aromatic nitrogens is 3. The van der Waals surface area contributed by atoms with Crippen molar-refractivity contribution in [2.45, 2.75) is 25.4 Å². The number of carbonyl (C=O) groups is 1. The molecule has 1 aliphatic rings. The van der Waals surface area contributed by atoms with Gasteiger partial charge in [-0.05, 0) is 37.1 Å². The third-order valence-electron chi connectivity index (χ3n) is 3.64. The first-order valence-electron chi connectivity index (χ1n) is 7.37. The summed E-state index contributed by atoms with van der Waals surface area (Å²) in [4.78, 5) is 12.1. The van der Waals surface area contributed by atoms with Gasteiger partial charge in [0.25, 0.3) is 5.91 Å². The van der Waals surface area contributed by atoms with Crippen molar-refractivity contribution in [3.8, 4) is 0 Å². The molecule has 1 saturated heterocycles. The van der Waals surface area contributed by atoms with E-state index in [-0.39, 0.29) is 23.5 Å². The van der Waals surface area contributed by atoms with E-state index in [9.17, 15) is 9.18 Å². The van der Waals surface area contributed by atoms with E-state index in [4.69, 9.17) is 0 Å². The Hall–Kier alpha value is -2.28. The average molecular weight is 303 g/mol. The van der Waals surface area contributed by atoms with Gasteiger partial charge in [-0.15, -0.1) is 5.10 Å². The Labute approximate surface area is 127 Å². The highest BCUT2D eigenvalue weighted by molar-refractivity contribution is 5.92. The van der Waals surface area contributed by atoms with Crippen LogP contribution in [0, 0.1) is 5.82 Å². The minimum atomic E-state index is -0.291. The van der Waals surface area contributed by atoms with Crippen LogP contribution >= 0.6 is 0 Å². The highest BCUT2D eigenvalue weighted by atomic mass is 19.1. The molecule has 1 aromatic carbocycles. The Morgan fingerprint density at radius 1 is 1.50 bits per heavy atom. The van der Waals surface area contributed by atoms with Crippen molar-refractivity contribution in [2.24, 2.45) is 0 Å². The van der Waals surface area contributed by atoms with E-state index in [0.29, 0.717) is 6.54 Å². The lowest BCUT2D eigenvalue weighted by molar-refractivity contribution is 0.0925. The highest BCUT2D eigenvalue weighted by Gasteiger charge is 2.18. The normalized spacial score (nSPS) is 18.1. The number of amides is 1. The van der Waals surface area contributed by atoms with E-state index >= 15 is 0 Å². The number of benzene rings is 1. The summed E-state index contributed by atoms with van der Waals surface area (Å²) in [6.45, 7) is 2.16. The minimum Gasteiger partial charge on any atom is -0.347 e. The van der Waals surface area contributed by atoms with E-state index in [1.165, 1.54) is 16.8 Å². The van der Waals surface area contributed by atoms with Crippen molar-refractivity contribution in [1.29, 1.82) is 0 Å². The van der Waals surface area contributed by atoms with Crippen LogP contribution in [0.25, 0.3) is 0 Å². The number of halogens is 1. The summed E-state index contributed by atoms with van der Waals surface area (Å²) in [5.74, 6) is -0.514. The molecular weight excluding hydrogens is 285 g/mol. The third-order valence-corrected chi connectivity index (χ3v) is 3.64. The summed E-state index contributed by atoms with van der Waals surface area (Å²) >= 11 is 0. The quantitative estimate of drug-likeness (QED) is 0.882. The number of nitrogens with zero attached hydrogens (tertiary/aromatic N) is 3. The maximum atomic E-state index is 13.1. The first kappa shape index (κ1) is 14.6. The zero-order chi connectivity index (χ0) is 15.4. The SMILES string of the molecule is O=C(N[C@H]1CCCNC1)c1cn(Cc2cccc(F)c2)nn1. The van der Waals surface area contributed by atoms with Crippen LogP contribution in [0.4, 0.5) is 4.39 Å². The molecular formula is C15H18FN5O. The Bertz CT molecular complexity index is 651. The second kappa shape index (κ2) is 6.65. The van der Waals surface area contributed by atoms with E-state index in [2.05, 4.69) is 20.9 Å². The zero-order valence-electron chi connectivity index (χ0n) is 12.1. The van der Waals surface area contributed by atoms with E-state index in [0.717, 1.165) is 31.5 Å². The number of piperidine rings is 1. The molecule has 3 rings (SSSR count). The van der Waals surface area contributed by atoms with Gasteiger partial charge < -0.3 is 10.6 Å². The standard InChI is InChI=1S/C15H18FN5O/c16-12-4-1-3-11(7-12)9-21-10-14(19-20-21)15(22)18-13-5-2-6-17-8-13/h1,3-4,7,10,13,17H,2,5-6,8-9H2,(H,18,22)/t13-/m0/s1. The Balaban J connectivity index is 1.61. The lowest BCUT2D eigenvalue weighted by atomic mass is 10.1. The van der Waals surface area contributed by atoms with Crippen LogP contribution in [0.2, 0.25) is 0 Å². The first-order valence-corrected chi connectivity index (χ1v) is 7.37. The lowest BCUT2D eigenvalue weighted by Crippen LogP contribution is -2.45. The topological polar surface area (TPSA) is 71.8 Å². The molecule has 1 fully saturated rings. The third kappa shape index (κ3) is 3.67. The smallest absolute Gasteiger partial charge is 0.273 e. The average Bonchev–Trinajstić information content (AvgIpc) is 2.97. The summed E-state index contributed by atoms with van der Waals surface area (Å²) in [5, 5.41) is 14.0. The second-order valence-electron chi connectivity index (χ2n) is 5.45. The molecule has 7 heteroatoms. The molecule has 0 aliphatic carbocycles. The molecule has 2 N–H and O–H groups in total. The van der Waals surface area contributed by atoms with Gasteiger partial charge in [0.1, 0.15) is 5.82 Å². The van der Waals surface area contributed by atoms with Crippen molar-refractivity contribution < 1.29 is 9.18 Å². The monoisotopic (exact) mass is 303 g/mol. The van der Waals surface area contributed by atoms with Crippen molar-refractivity contribution in [1.82, 2.24) is 25.6 Å². The van der Waals surface area contributed by atoms with Gasteiger partial charge in [0.05, 0.1) is 12.7 Å². The fraction of sp³-hybridized carbons (Fsp3) is 0.400. The van der Waals surface area contributed by atoms with Crippen molar-refractivity contribution in [2.75, 3.05) is 13.1 Å². The Kier molecular flexibility index (Phi) is 4.43. The molecule has 1 aromatic heterocycles. The van der Waals surface area contributed by atoms with E-state index in [1.807, 2.05) is 0 Å². The molecule has 0 bridgehead atoms. The van der Waals surface area contributed by atoms with Gasteiger partial charge in [0, 0.05) is 12.6 Å². The molecule has 0 spiro atoms. The summed E-state index contributed by atoms with van der Waals surface area (Å²) < 4.78 is 14.7. The van der Waals surface area contributed by atoms with Gasteiger partial charge in [-0.25, -0.2) is 9.07 Å². The predicted molar refractivity (Wildman–Crippen MR) is 78.9 cm³/mol. The van der Waals surface area contributed by atoms with Gasteiger partial charge in [-0.3, -0.25) is 4.79 Å². The molecule has 0 unspecified atom stereocenters. The van der Waals surface area contributed by atoms with Gasteiger partial charge in [-0.1, -0.05) is 17.3 Å². The van der Waals surface area contributed by atoms with Crippen LogP contribution in [0.5, 0.6) is 0 Å². The largest absolute Gasteiger partial charge is 0.347 e. The van der Waals surface area contributed by atoms with Gasteiger partial charge in [0.2, 0.25) is 0 Å². The number of rotatable bonds is 4. The lowest BCUT2D eigenvalue weighted by Gasteiger charge is -2.23. The molecule has 22 heavy (non-hydrogen) atoms. The van der Waals surface area contributed by atoms with Crippen LogP contribution in [0.15, 0.2) is 30.5 Å². The summed E-state index contributed by atoms with van der Waals surface area (Å²) in [6.07, 6.45) is 3.60. The fourth-order valence-electron chi connectivity index (χ4n) is 2.54. The highest BCUT2D eigenvalue weighted by Crippen LogP contribution is 2.06. The van der Waals surface area contributed by atoms with Crippen LogP contribution in [0.1, 0.15) is 28.9 Å². The first-order chi connectivity index (χ1) is 10.7. The zero-order valence-corrected chi connectivity index (χ0v) is 12.1. The molecule has 1 amide bonds. The molecule has 0 radical (unpaired) electrons. The van der Waals surface area contributed by atoms with Gasteiger partial charge >= 0.3 is 0 Å². The van der Waals surface area contributed by atoms with E-state index in [1.54, 1.807) is 18.3 Å². The van der Waals surface area contributed by atoms with Crippen molar-refractivity contribution in [3.05, 3.63) is 47.5 Å². The number of hydrogen-bond donors (Lipinski definition) is 2. The molecule has 2 aromatic rings. The van der Waals surface area contributed by atoms with Crippen LogP contribution in [0.3, 0.4) is 0 Å².